The lowest BCUT2D eigenvalue weighted by Crippen LogP contribution is -2.09. The molecule has 0 aliphatic heterocycles. The molecule has 0 bridgehead atoms. The van der Waals surface area contributed by atoms with Gasteiger partial charge in [-0.2, -0.15) is 0 Å². The van der Waals surface area contributed by atoms with Gasteiger partial charge in [0.15, 0.2) is 0 Å². The van der Waals surface area contributed by atoms with Crippen LogP contribution in [0.1, 0.15) is 17.5 Å². The fourth-order valence-electron chi connectivity index (χ4n) is 1.34. The van der Waals surface area contributed by atoms with Gasteiger partial charge in [-0.1, -0.05) is 6.07 Å². The number of fused-ring (bicyclic) bond motifs is 1. The fraction of sp³-hybridized carbons (Fsp3) is 0.200. The first-order valence-electron chi connectivity index (χ1n) is 4.53. The number of imidazole rings is 1. The summed E-state index contributed by atoms with van der Waals surface area (Å²) in [7, 11) is 0. The number of pyridine rings is 1. The third-order valence-corrected chi connectivity index (χ3v) is 2.55. The standard InChI is InChI=1S/C10H9BrN2O2/c1-2-15-10(14)9-12-8(11)7-5-3-4-6-13(7)9/h3-6H,2H2,1H3. The van der Waals surface area contributed by atoms with Crippen LogP contribution in [-0.4, -0.2) is 22.0 Å². The average molecular weight is 269 g/mol. The van der Waals surface area contributed by atoms with Crippen LogP contribution in [0, 0.1) is 0 Å². The van der Waals surface area contributed by atoms with Crippen molar-refractivity contribution < 1.29 is 9.53 Å². The SMILES string of the molecule is CCOC(=O)c1nc(Br)c2ccccn12. The van der Waals surface area contributed by atoms with Crippen LogP contribution in [-0.2, 0) is 4.74 Å². The third kappa shape index (κ3) is 1.74. The first-order valence-corrected chi connectivity index (χ1v) is 5.33. The van der Waals surface area contributed by atoms with Crippen molar-refractivity contribution in [3.63, 3.8) is 0 Å². The quantitative estimate of drug-likeness (QED) is 0.785. The van der Waals surface area contributed by atoms with E-state index < -0.39 is 5.97 Å². The minimum Gasteiger partial charge on any atom is -0.460 e. The van der Waals surface area contributed by atoms with Gasteiger partial charge in [0.05, 0.1) is 12.1 Å². The van der Waals surface area contributed by atoms with Crippen molar-refractivity contribution in [2.45, 2.75) is 6.92 Å². The Hall–Kier alpha value is -1.36. The van der Waals surface area contributed by atoms with Crippen LogP contribution in [0.4, 0.5) is 0 Å². The molecule has 2 aromatic heterocycles. The zero-order valence-electron chi connectivity index (χ0n) is 8.11. The number of carbonyl (C=O) groups excluding carboxylic acids is 1. The predicted molar refractivity (Wildman–Crippen MR) is 58.8 cm³/mol. The number of carbonyl (C=O) groups is 1. The molecule has 2 aromatic rings. The third-order valence-electron chi connectivity index (χ3n) is 1.96. The van der Waals surface area contributed by atoms with E-state index in [0.717, 1.165) is 5.52 Å². The first-order chi connectivity index (χ1) is 7.24. The van der Waals surface area contributed by atoms with E-state index in [1.807, 2.05) is 18.2 Å². The molecular weight excluding hydrogens is 260 g/mol. The van der Waals surface area contributed by atoms with Crippen LogP contribution in [0.5, 0.6) is 0 Å². The number of rotatable bonds is 2. The molecule has 0 amide bonds. The van der Waals surface area contributed by atoms with E-state index in [0.29, 0.717) is 17.0 Å². The number of aromatic nitrogens is 2. The van der Waals surface area contributed by atoms with Gasteiger partial charge in [-0.3, -0.25) is 4.40 Å². The maximum absolute atomic E-state index is 11.5. The van der Waals surface area contributed by atoms with Crippen molar-refractivity contribution in [1.29, 1.82) is 0 Å². The van der Waals surface area contributed by atoms with E-state index in [-0.39, 0.29) is 0 Å². The molecule has 0 fully saturated rings. The van der Waals surface area contributed by atoms with Crippen molar-refractivity contribution in [1.82, 2.24) is 9.38 Å². The molecule has 0 saturated carbocycles. The number of halogens is 1. The number of ether oxygens (including phenoxy) is 1. The van der Waals surface area contributed by atoms with Crippen molar-refractivity contribution in [2.75, 3.05) is 6.61 Å². The Balaban J connectivity index is 2.57. The summed E-state index contributed by atoms with van der Waals surface area (Å²) in [6.45, 7) is 2.11. The largest absolute Gasteiger partial charge is 0.460 e. The summed E-state index contributed by atoms with van der Waals surface area (Å²) in [5.41, 5.74) is 0.848. The molecule has 2 heterocycles. The van der Waals surface area contributed by atoms with Crippen molar-refractivity contribution in [3.05, 3.63) is 34.8 Å². The van der Waals surface area contributed by atoms with Gasteiger partial charge in [0.1, 0.15) is 4.60 Å². The highest BCUT2D eigenvalue weighted by Gasteiger charge is 2.16. The van der Waals surface area contributed by atoms with E-state index in [2.05, 4.69) is 20.9 Å². The highest BCUT2D eigenvalue weighted by Crippen LogP contribution is 2.18. The molecule has 5 heteroatoms. The van der Waals surface area contributed by atoms with E-state index >= 15 is 0 Å². The summed E-state index contributed by atoms with van der Waals surface area (Å²) >= 11 is 3.30. The van der Waals surface area contributed by atoms with Gasteiger partial charge in [0.2, 0.25) is 5.82 Å². The summed E-state index contributed by atoms with van der Waals surface area (Å²) in [5, 5.41) is 0. The van der Waals surface area contributed by atoms with Crippen LogP contribution < -0.4 is 0 Å². The minimum absolute atomic E-state index is 0.291. The lowest BCUT2D eigenvalue weighted by Gasteiger charge is -1.99. The fourth-order valence-corrected chi connectivity index (χ4v) is 1.83. The van der Waals surface area contributed by atoms with Gasteiger partial charge in [-0.05, 0) is 35.0 Å². The molecule has 2 rings (SSSR count). The lowest BCUT2D eigenvalue weighted by molar-refractivity contribution is 0.0511. The monoisotopic (exact) mass is 268 g/mol. The summed E-state index contributed by atoms with van der Waals surface area (Å²) < 4.78 is 7.25. The molecule has 0 radical (unpaired) electrons. The van der Waals surface area contributed by atoms with Gasteiger partial charge in [0.25, 0.3) is 0 Å². The normalized spacial score (nSPS) is 10.5. The van der Waals surface area contributed by atoms with Crippen LogP contribution in [0.15, 0.2) is 29.0 Å². The van der Waals surface area contributed by atoms with Gasteiger partial charge in [-0.25, -0.2) is 9.78 Å². The summed E-state index contributed by atoms with van der Waals surface area (Å²) in [6.07, 6.45) is 1.78. The molecule has 78 valence electrons. The number of esters is 1. The second-order valence-corrected chi connectivity index (χ2v) is 3.65. The molecule has 15 heavy (non-hydrogen) atoms. The second kappa shape index (κ2) is 4.02. The minimum atomic E-state index is -0.413. The zero-order valence-corrected chi connectivity index (χ0v) is 9.69. The summed E-state index contributed by atoms with van der Waals surface area (Å²) in [4.78, 5) is 15.7. The average Bonchev–Trinajstić information content (AvgIpc) is 2.58. The Labute approximate surface area is 95.0 Å². The second-order valence-electron chi connectivity index (χ2n) is 2.90. The number of hydrogen-bond acceptors (Lipinski definition) is 3. The number of hydrogen-bond donors (Lipinski definition) is 0. The van der Waals surface area contributed by atoms with Crippen LogP contribution in [0.3, 0.4) is 0 Å². The van der Waals surface area contributed by atoms with Crippen LogP contribution >= 0.6 is 15.9 Å². The molecule has 0 aliphatic carbocycles. The molecule has 0 spiro atoms. The van der Waals surface area contributed by atoms with Gasteiger partial charge >= 0.3 is 5.97 Å². The molecule has 0 unspecified atom stereocenters. The van der Waals surface area contributed by atoms with Gasteiger partial charge < -0.3 is 4.74 Å². The van der Waals surface area contributed by atoms with Crippen LogP contribution in [0.2, 0.25) is 0 Å². The van der Waals surface area contributed by atoms with Gasteiger partial charge in [-0.15, -0.1) is 0 Å². The smallest absolute Gasteiger partial charge is 0.374 e. The highest BCUT2D eigenvalue weighted by molar-refractivity contribution is 9.10. The molecular formula is C10H9BrN2O2. The Bertz CT molecular complexity index is 507. The summed E-state index contributed by atoms with van der Waals surface area (Å²) in [5.74, 6) is -0.122. The molecule has 0 aliphatic rings. The van der Waals surface area contributed by atoms with E-state index in [1.54, 1.807) is 17.5 Å². The zero-order chi connectivity index (χ0) is 10.8. The van der Waals surface area contributed by atoms with Crippen molar-refractivity contribution >= 4 is 27.4 Å². The van der Waals surface area contributed by atoms with E-state index in [1.165, 1.54) is 0 Å². The van der Waals surface area contributed by atoms with Gasteiger partial charge in [0, 0.05) is 6.20 Å². The van der Waals surface area contributed by atoms with E-state index in [9.17, 15) is 4.79 Å². The predicted octanol–water partition coefficient (Wildman–Crippen LogP) is 2.27. The Morgan fingerprint density at radius 1 is 1.60 bits per heavy atom. The molecule has 4 nitrogen and oxygen atoms in total. The molecule has 0 atom stereocenters. The topological polar surface area (TPSA) is 43.6 Å². The number of nitrogens with zero attached hydrogens (tertiary/aromatic N) is 2. The first kappa shape index (κ1) is 10.2. The lowest BCUT2D eigenvalue weighted by atomic mass is 10.4. The Morgan fingerprint density at radius 3 is 3.13 bits per heavy atom. The maximum Gasteiger partial charge on any atom is 0.374 e. The molecule has 0 saturated heterocycles. The van der Waals surface area contributed by atoms with E-state index in [4.69, 9.17) is 4.74 Å². The molecule has 0 aromatic carbocycles. The highest BCUT2D eigenvalue weighted by atomic mass is 79.9. The molecule has 0 N–H and O–H groups in total. The van der Waals surface area contributed by atoms with Crippen molar-refractivity contribution in [3.8, 4) is 0 Å². The van der Waals surface area contributed by atoms with Crippen LogP contribution in [0.25, 0.3) is 5.52 Å². The van der Waals surface area contributed by atoms with Crippen molar-refractivity contribution in [2.24, 2.45) is 0 Å². The summed E-state index contributed by atoms with van der Waals surface area (Å²) in [6, 6.07) is 5.60. The Morgan fingerprint density at radius 2 is 2.40 bits per heavy atom. The Kier molecular flexibility index (Phi) is 2.73. The maximum atomic E-state index is 11.5.